The maximum Gasteiger partial charge on any atom is 0.303 e. The molecule has 1 aromatic rings. The molecule has 16 heavy (non-hydrogen) atoms. The molecule has 0 aliphatic heterocycles. The summed E-state index contributed by atoms with van der Waals surface area (Å²) in [7, 11) is 1.57. The number of aldehydes is 1. The maximum absolute atomic E-state index is 10.2. The average Bonchev–Trinajstić information content (AvgIpc) is 2.29. The molecule has 0 aliphatic carbocycles. The molecule has 0 atom stereocenters. The van der Waals surface area contributed by atoms with E-state index in [-0.39, 0.29) is 0 Å². The summed E-state index contributed by atoms with van der Waals surface area (Å²) < 4.78 is 4.90. The first-order valence-electron chi connectivity index (χ1n) is 4.95. The van der Waals surface area contributed by atoms with Gasteiger partial charge in [0.05, 0.1) is 7.11 Å². The molecule has 88 valence electrons. The van der Waals surface area contributed by atoms with Gasteiger partial charge in [0.2, 0.25) is 0 Å². The van der Waals surface area contributed by atoms with Crippen LogP contribution in [0.4, 0.5) is 0 Å². The van der Waals surface area contributed by atoms with Crippen LogP contribution in [0.25, 0.3) is 0 Å². The van der Waals surface area contributed by atoms with Crippen molar-refractivity contribution in [1.82, 2.24) is 0 Å². The summed E-state index contributed by atoms with van der Waals surface area (Å²) >= 11 is 0. The van der Waals surface area contributed by atoms with Crippen LogP contribution in [0.1, 0.15) is 30.1 Å². The van der Waals surface area contributed by atoms with Gasteiger partial charge in [-0.2, -0.15) is 0 Å². The monoisotopic (exact) mass is 224 g/mol. The Balaban J connectivity index is 0.000000325. The molecule has 1 aromatic carbocycles. The molecular formula is C12H16O4. The zero-order valence-electron chi connectivity index (χ0n) is 9.47. The largest absolute Gasteiger partial charge is 0.497 e. The van der Waals surface area contributed by atoms with Crippen molar-refractivity contribution < 1.29 is 19.4 Å². The Morgan fingerprint density at radius 3 is 2.56 bits per heavy atom. The van der Waals surface area contributed by atoms with Crippen molar-refractivity contribution in [2.75, 3.05) is 7.11 Å². The van der Waals surface area contributed by atoms with Crippen LogP contribution in [0, 0.1) is 0 Å². The van der Waals surface area contributed by atoms with Crippen LogP contribution < -0.4 is 4.74 Å². The van der Waals surface area contributed by atoms with Gasteiger partial charge in [0.1, 0.15) is 12.0 Å². The Morgan fingerprint density at radius 2 is 2.19 bits per heavy atom. The van der Waals surface area contributed by atoms with Crippen molar-refractivity contribution in [3.05, 3.63) is 29.8 Å². The van der Waals surface area contributed by atoms with E-state index in [1.807, 2.05) is 6.92 Å². The Bertz CT molecular complexity index is 334. The molecule has 0 spiro atoms. The molecule has 0 bridgehead atoms. The van der Waals surface area contributed by atoms with Crippen molar-refractivity contribution in [2.45, 2.75) is 19.8 Å². The van der Waals surface area contributed by atoms with E-state index in [1.165, 1.54) is 0 Å². The number of carbonyl (C=O) groups excluding carboxylic acids is 1. The molecule has 0 unspecified atom stereocenters. The summed E-state index contributed by atoms with van der Waals surface area (Å²) in [5.74, 6) is 0.00194. The second kappa shape index (κ2) is 8.47. The van der Waals surface area contributed by atoms with E-state index < -0.39 is 5.97 Å². The predicted molar refractivity (Wildman–Crippen MR) is 60.9 cm³/mol. The molecule has 0 fully saturated rings. The third kappa shape index (κ3) is 6.59. The van der Waals surface area contributed by atoms with Gasteiger partial charge in [-0.1, -0.05) is 19.1 Å². The highest BCUT2D eigenvalue weighted by atomic mass is 16.5. The smallest absolute Gasteiger partial charge is 0.303 e. The number of methoxy groups -OCH3 is 1. The highest BCUT2D eigenvalue weighted by molar-refractivity contribution is 5.75. The lowest BCUT2D eigenvalue weighted by molar-refractivity contribution is -0.137. The Kier molecular flexibility index (Phi) is 7.49. The second-order valence-corrected chi connectivity index (χ2v) is 3.04. The molecule has 4 heteroatoms. The van der Waals surface area contributed by atoms with E-state index in [2.05, 4.69) is 0 Å². The van der Waals surface area contributed by atoms with Crippen molar-refractivity contribution >= 4 is 12.3 Å². The number of hydrogen-bond acceptors (Lipinski definition) is 3. The first kappa shape index (κ1) is 14.2. The number of carbonyl (C=O) groups is 2. The van der Waals surface area contributed by atoms with E-state index in [9.17, 15) is 9.59 Å². The normalized spacial score (nSPS) is 8.62. The molecule has 1 N–H and O–H groups in total. The summed E-state index contributed by atoms with van der Waals surface area (Å²) in [6.45, 7) is 1.84. The Hall–Kier alpha value is -1.84. The molecule has 0 saturated heterocycles. The van der Waals surface area contributed by atoms with Crippen molar-refractivity contribution in [2.24, 2.45) is 0 Å². The highest BCUT2D eigenvalue weighted by Crippen LogP contribution is 2.10. The summed E-state index contributed by atoms with van der Waals surface area (Å²) in [6.07, 6.45) is 1.82. The first-order valence-corrected chi connectivity index (χ1v) is 4.95. The quantitative estimate of drug-likeness (QED) is 0.797. The lowest BCUT2D eigenvalue weighted by atomic mass is 10.2. The van der Waals surface area contributed by atoms with Gasteiger partial charge in [-0.25, -0.2) is 0 Å². The number of carboxylic acid groups (broad SMARTS) is 1. The number of hydrogen-bond donors (Lipinski definition) is 1. The van der Waals surface area contributed by atoms with Crippen LogP contribution >= 0.6 is 0 Å². The summed E-state index contributed by atoms with van der Waals surface area (Å²) in [5.41, 5.74) is 0.638. The fraction of sp³-hybridized carbons (Fsp3) is 0.333. The SMILES string of the molecule is CCCC(=O)O.COc1cccc(C=O)c1. The molecule has 0 saturated carbocycles. The highest BCUT2D eigenvalue weighted by Gasteiger charge is 1.91. The number of carboxylic acids is 1. The number of aliphatic carboxylic acids is 1. The lowest BCUT2D eigenvalue weighted by Gasteiger charge is -1.97. The molecule has 0 heterocycles. The van der Waals surface area contributed by atoms with Gasteiger partial charge in [-0.15, -0.1) is 0 Å². The van der Waals surface area contributed by atoms with Crippen LogP contribution in [0.2, 0.25) is 0 Å². The van der Waals surface area contributed by atoms with Gasteiger partial charge in [-0.3, -0.25) is 9.59 Å². The van der Waals surface area contributed by atoms with Gasteiger partial charge < -0.3 is 9.84 Å². The second-order valence-electron chi connectivity index (χ2n) is 3.04. The Labute approximate surface area is 94.9 Å². The van der Waals surface area contributed by atoms with E-state index in [4.69, 9.17) is 9.84 Å². The van der Waals surface area contributed by atoms with Crippen LogP contribution in [0.5, 0.6) is 5.75 Å². The fourth-order valence-corrected chi connectivity index (χ4v) is 0.929. The fourth-order valence-electron chi connectivity index (χ4n) is 0.929. The minimum absolute atomic E-state index is 0.292. The van der Waals surface area contributed by atoms with Gasteiger partial charge in [0.25, 0.3) is 0 Å². The molecule has 0 aliphatic rings. The standard InChI is InChI=1S/C8H8O2.C4H8O2/c1-10-8-4-2-3-7(5-8)6-9;1-2-3-4(5)6/h2-6H,1H3;2-3H2,1H3,(H,5,6). The van der Waals surface area contributed by atoms with Gasteiger partial charge in [0.15, 0.2) is 0 Å². The van der Waals surface area contributed by atoms with Gasteiger partial charge in [-0.05, 0) is 18.6 Å². The van der Waals surface area contributed by atoms with Crippen LogP contribution in [-0.2, 0) is 4.79 Å². The average molecular weight is 224 g/mol. The third-order valence-corrected chi connectivity index (χ3v) is 1.69. The van der Waals surface area contributed by atoms with Crippen LogP contribution in [-0.4, -0.2) is 24.5 Å². The summed E-state index contributed by atoms with van der Waals surface area (Å²) in [5, 5.41) is 7.91. The molecular weight excluding hydrogens is 208 g/mol. The van der Waals surface area contributed by atoms with E-state index >= 15 is 0 Å². The van der Waals surface area contributed by atoms with Gasteiger partial charge in [0, 0.05) is 12.0 Å². The van der Waals surface area contributed by atoms with Crippen molar-refractivity contribution in [1.29, 1.82) is 0 Å². The predicted octanol–water partition coefficient (Wildman–Crippen LogP) is 2.38. The van der Waals surface area contributed by atoms with E-state index in [0.29, 0.717) is 17.7 Å². The zero-order chi connectivity index (χ0) is 12.4. The number of benzene rings is 1. The van der Waals surface area contributed by atoms with Crippen LogP contribution in [0.15, 0.2) is 24.3 Å². The van der Waals surface area contributed by atoms with Crippen LogP contribution in [0.3, 0.4) is 0 Å². The maximum atomic E-state index is 10.2. The summed E-state index contributed by atoms with van der Waals surface area (Å²) in [4.78, 5) is 19.8. The van der Waals surface area contributed by atoms with E-state index in [0.717, 1.165) is 12.7 Å². The lowest BCUT2D eigenvalue weighted by Crippen LogP contribution is -1.90. The molecule has 0 aromatic heterocycles. The number of rotatable bonds is 4. The third-order valence-electron chi connectivity index (χ3n) is 1.69. The molecule has 4 nitrogen and oxygen atoms in total. The van der Waals surface area contributed by atoms with E-state index in [1.54, 1.807) is 31.4 Å². The van der Waals surface area contributed by atoms with Crippen molar-refractivity contribution in [3.8, 4) is 5.75 Å². The summed E-state index contributed by atoms with van der Waals surface area (Å²) in [6, 6.07) is 7.00. The zero-order valence-corrected chi connectivity index (χ0v) is 9.47. The van der Waals surface area contributed by atoms with Crippen molar-refractivity contribution in [3.63, 3.8) is 0 Å². The number of ether oxygens (including phenoxy) is 1. The molecule has 1 rings (SSSR count). The first-order chi connectivity index (χ1) is 7.63. The van der Waals surface area contributed by atoms with Gasteiger partial charge >= 0.3 is 5.97 Å². The molecule has 0 amide bonds. The topological polar surface area (TPSA) is 63.6 Å². The molecule has 0 radical (unpaired) electrons. The minimum atomic E-state index is -0.711. The Morgan fingerprint density at radius 1 is 1.50 bits per heavy atom. The minimum Gasteiger partial charge on any atom is -0.497 e.